The van der Waals surface area contributed by atoms with Gasteiger partial charge < -0.3 is 10.4 Å². The van der Waals surface area contributed by atoms with Gasteiger partial charge in [0.15, 0.2) is 5.69 Å². The first-order valence-electron chi connectivity index (χ1n) is 4.90. The summed E-state index contributed by atoms with van der Waals surface area (Å²) in [4.78, 5) is 22.7. The minimum absolute atomic E-state index is 0.0196. The maximum absolute atomic E-state index is 11.0. The van der Waals surface area contributed by atoms with Gasteiger partial charge in [-0.2, -0.15) is 0 Å². The van der Waals surface area contributed by atoms with Gasteiger partial charge in [-0.15, -0.1) is 0 Å². The van der Waals surface area contributed by atoms with Gasteiger partial charge in [0, 0.05) is 5.69 Å². The lowest BCUT2D eigenvalue weighted by Gasteiger charge is -2.08. The highest BCUT2D eigenvalue weighted by Gasteiger charge is 2.12. The highest BCUT2D eigenvalue weighted by Crippen LogP contribution is 2.18. The Kier molecular flexibility index (Phi) is 2.95. The molecular weight excluding hydrogens is 220 g/mol. The molecule has 6 heteroatoms. The van der Waals surface area contributed by atoms with E-state index >= 15 is 0 Å². The number of hydrogen-bond acceptors (Lipinski definition) is 5. The largest absolute Gasteiger partial charge is 0.476 e. The second-order valence-electron chi connectivity index (χ2n) is 3.41. The fourth-order valence-corrected chi connectivity index (χ4v) is 1.34. The van der Waals surface area contributed by atoms with Crippen LogP contribution in [-0.2, 0) is 0 Å². The summed E-state index contributed by atoms with van der Waals surface area (Å²) < 4.78 is 0. The first-order valence-corrected chi connectivity index (χ1v) is 4.90. The van der Waals surface area contributed by atoms with E-state index in [-0.39, 0.29) is 5.69 Å². The SMILES string of the molecule is Cc1ccc(Nc2cncnc2)c(C(=O)O)n1. The summed E-state index contributed by atoms with van der Waals surface area (Å²) in [6, 6.07) is 3.40. The number of pyridine rings is 1. The standard InChI is InChI=1S/C11H10N4O2/c1-7-2-3-9(10(14-7)11(16)17)15-8-4-12-6-13-5-8/h2-6,15H,1H3,(H,16,17). The molecule has 0 unspecified atom stereocenters. The first-order chi connectivity index (χ1) is 8.16. The Bertz CT molecular complexity index is 542. The molecule has 2 heterocycles. The number of aromatic carboxylic acids is 1. The summed E-state index contributed by atoms with van der Waals surface area (Å²) >= 11 is 0. The van der Waals surface area contributed by atoms with Crippen molar-refractivity contribution in [2.24, 2.45) is 0 Å². The van der Waals surface area contributed by atoms with Crippen LogP contribution in [0.5, 0.6) is 0 Å². The van der Waals surface area contributed by atoms with Crippen molar-refractivity contribution in [3.05, 3.63) is 42.2 Å². The molecular formula is C11H10N4O2. The monoisotopic (exact) mass is 230 g/mol. The van der Waals surface area contributed by atoms with Crippen LogP contribution in [0.4, 0.5) is 11.4 Å². The Morgan fingerprint density at radius 3 is 2.65 bits per heavy atom. The van der Waals surface area contributed by atoms with Crippen molar-refractivity contribution >= 4 is 17.3 Å². The molecule has 0 bridgehead atoms. The van der Waals surface area contributed by atoms with Gasteiger partial charge in [0.1, 0.15) is 6.33 Å². The van der Waals surface area contributed by atoms with E-state index < -0.39 is 5.97 Å². The van der Waals surface area contributed by atoms with Crippen molar-refractivity contribution in [2.45, 2.75) is 6.92 Å². The van der Waals surface area contributed by atoms with Crippen molar-refractivity contribution in [3.8, 4) is 0 Å². The van der Waals surface area contributed by atoms with E-state index in [1.807, 2.05) is 0 Å². The zero-order chi connectivity index (χ0) is 12.3. The van der Waals surface area contributed by atoms with E-state index in [0.717, 1.165) is 0 Å². The fraction of sp³-hybridized carbons (Fsp3) is 0.0909. The summed E-state index contributed by atoms with van der Waals surface area (Å²) in [5.74, 6) is -1.08. The van der Waals surface area contributed by atoms with Gasteiger partial charge >= 0.3 is 5.97 Å². The Morgan fingerprint density at radius 2 is 2.00 bits per heavy atom. The number of nitrogens with zero attached hydrogens (tertiary/aromatic N) is 3. The van der Waals surface area contributed by atoms with Gasteiger partial charge in [0.2, 0.25) is 0 Å². The highest BCUT2D eigenvalue weighted by atomic mass is 16.4. The van der Waals surface area contributed by atoms with Crippen LogP contribution in [0.25, 0.3) is 0 Å². The molecule has 2 aromatic rings. The van der Waals surface area contributed by atoms with Crippen LogP contribution in [0.2, 0.25) is 0 Å². The second kappa shape index (κ2) is 4.56. The number of carbonyl (C=O) groups is 1. The Balaban J connectivity index is 2.36. The molecule has 0 fully saturated rings. The average Bonchev–Trinajstić information content (AvgIpc) is 2.32. The molecule has 0 atom stereocenters. The predicted octanol–water partition coefficient (Wildman–Crippen LogP) is 1.62. The van der Waals surface area contributed by atoms with Crippen molar-refractivity contribution < 1.29 is 9.90 Å². The summed E-state index contributed by atoms with van der Waals surface area (Å²) in [7, 11) is 0. The second-order valence-corrected chi connectivity index (χ2v) is 3.41. The minimum atomic E-state index is -1.08. The average molecular weight is 230 g/mol. The summed E-state index contributed by atoms with van der Waals surface area (Å²) in [5.41, 5.74) is 1.66. The zero-order valence-corrected chi connectivity index (χ0v) is 9.08. The number of carboxylic acid groups (broad SMARTS) is 1. The molecule has 86 valence electrons. The Morgan fingerprint density at radius 1 is 1.29 bits per heavy atom. The van der Waals surface area contributed by atoms with Crippen molar-refractivity contribution in [1.29, 1.82) is 0 Å². The van der Waals surface area contributed by atoms with E-state index in [0.29, 0.717) is 17.1 Å². The molecule has 0 spiro atoms. The number of aromatic nitrogens is 3. The molecule has 0 saturated carbocycles. The smallest absolute Gasteiger partial charge is 0.356 e. The first kappa shape index (κ1) is 11.0. The van der Waals surface area contributed by atoms with Crippen LogP contribution in [0.3, 0.4) is 0 Å². The molecule has 0 aliphatic rings. The Hall–Kier alpha value is -2.50. The predicted molar refractivity (Wildman–Crippen MR) is 61.2 cm³/mol. The number of anilines is 2. The molecule has 0 aliphatic heterocycles. The van der Waals surface area contributed by atoms with Crippen LogP contribution in [0, 0.1) is 6.92 Å². The molecule has 0 aliphatic carbocycles. The van der Waals surface area contributed by atoms with Gasteiger partial charge in [0.25, 0.3) is 0 Å². The molecule has 2 aromatic heterocycles. The van der Waals surface area contributed by atoms with E-state index in [2.05, 4.69) is 20.3 Å². The van der Waals surface area contributed by atoms with Crippen LogP contribution >= 0.6 is 0 Å². The normalized spacial score (nSPS) is 9.94. The molecule has 6 nitrogen and oxygen atoms in total. The summed E-state index contributed by atoms with van der Waals surface area (Å²) in [6.45, 7) is 1.74. The van der Waals surface area contributed by atoms with E-state index in [1.165, 1.54) is 6.33 Å². The van der Waals surface area contributed by atoms with Crippen molar-refractivity contribution in [1.82, 2.24) is 15.0 Å². The van der Waals surface area contributed by atoms with Crippen LogP contribution in [0.15, 0.2) is 30.9 Å². The molecule has 0 radical (unpaired) electrons. The third-order valence-corrected chi connectivity index (χ3v) is 2.08. The van der Waals surface area contributed by atoms with E-state index in [1.54, 1.807) is 31.5 Å². The molecule has 2 N–H and O–H groups in total. The summed E-state index contributed by atoms with van der Waals surface area (Å²) in [5, 5.41) is 11.9. The molecule has 0 aromatic carbocycles. The van der Waals surface area contributed by atoms with Gasteiger partial charge in [0.05, 0.1) is 23.8 Å². The molecule has 2 rings (SSSR count). The van der Waals surface area contributed by atoms with E-state index in [4.69, 9.17) is 5.11 Å². The molecule has 0 saturated heterocycles. The van der Waals surface area contributed by atoms with E-state index in [9.17, 15) is 4.79 Å². The Labute approximate surface area is 97.4 Å². The quantitative estimate of drug-likeness (QED) is 0.833. The van der Waals surface area contributed by atoms with Gasteiger partial charge in [-0.1, -0.05) is 0 Å². The van der Waals surface area contributed by atoms with Crippen LogP contribution in [-0.4, -0.2) is 26.0 Å². The third-order valence-electron chi connectivity index (χ3n) is 2.08. The topological polar surface area (TPSA) is 88.0 Å². The van der Waals surface area contributed by atoms with Crippen LogP contribution < -0.4 is 5.32 Å². The maximum Gasteiger partial charge on any atom is 0.356 e. The lowest BCUT2D eigenvalue weighted by molar-refractivity contribution is 0.0691. The lowest BCUT2D eigenvalue weighted by atomic mass is 10.2. The third kappa shape index (κ3) is 2.54. The van der Waals surface area contributed by atoms with Crippen molar-refractivity contribution in [2.75, 3.05) is 5.32 Å². The minimum Gasteiger partial charge on any atom is -0.476 e. The molecule has 17 heavy (non-hydrogen) atoms. The molecule has 0 amide bonds. The van der Waals surface area contributed by atoms with Gasteiger partial charge in [-0.3, -0.25) is 0 Å². The number of carboxylic acids is 1. The number of hydrogen-bond donors (Lipinski definition) is 2. The fourth-order valence-electron chi connectivity index (χ4n) is 1.34. The van der Waals surface area contributed by atoms with Crippen molar-refractivity contribution in [3.63, 3.8) is 0 Å². The van der Waals surface area contributed by atoms with Crippen LogP contribution in [0.1, 0.15) is 16.2 Å². The lowest BCUT2D eigenvalue weighted by Crippen LogP contribution is -2.06. The number of rotatable bonds is 3. The highest BCUT2D eigenvalue weighted by molar-refractivity contribution is 5.92. The summed E-state index contributed by atoms with van der Waals surface area (Å²) in [6.07, 6.45) is 4.51. The van der Waals surface area contributed by atoms with Gasteiger partial charge in [-0.05, 0) is 19.1 Å². The maximum atomic E-state index is 11.0. The zero-order valence-electron chi connectivity index (χ0n) is 9.08. The van der Waals surface area contributed by atoms with Gasteiger partial charge in [-0.25, -0.2) is 19.7 Å². The number of nitrogens with one attached hydrogen (secondary N) is 1. The number of aryl methyl sites for hydroxylation is 1.